The van der Waals surface area contributed by atoms with Gasteiger partial charge >= 0.3 is 5.97 Å². The summed E-state index contributed by atoms with van der Waals surface area (Å²) in [4.78, 5) is 11.1. The van der Waals surface area contributed by atoms with E-state index in [2.05, 4.69) is 0 Å². The van der Waals surface area contributed by atoms with E-state index >= 15 is 0 Å². The molecule has 0 spiro atoms. The maximum Gasteiger partial charge on any atom is 0.339 e. The fraction of sp³-hybridized carbons (Fsp3) is 0.278. The van der Waals surface area contributed by atoms with Gasteiger partial charge in [-0.3, -0.25) is 0 Å². The highest BCUT2D eigenvalue weighted by molar-refractivity contribution is 5.90. The predicted molar refractivity (Wildman–Crippen MR) is 86.9 cm³/mol. The normalized spacial score (nSPS) is 10.2. The Morgan fingerprint density at radius 2 is 1.48 bits per heavy atom. The van der Waals surface area contributed by atoms with Crippen LogP contribution in [0.4, 0.5) is 0 Å². The third kappa shape index (κ3) is 4.16. The van der Waals surface area contributed by atoms with Crippen molar-refractivity contribution in [3.8, 4) is 17.2 Å². The first-order chi connectivity index (χ1) is 11.1. The molecule has 2 rings (SSSR count). The van der Waals surface area contributed by atoms with Gasteiger partial charge < -0.3 is 19.3 Å². The summed E-state index contributed by atoms with van der Waals surface area (Å²) in [5, 5.41) is 9.10. The molecule has 0 aliphatic rings. The molecule has 0 aromatic heterocycles. The van der Waals surface area contributed by atoms with E-state index in [1.165, 1.54) is 7.11 Å². The van der Waals surface area contributed by atoms with Crippen molar-refractivity contribution >= 4 is 5.97 Å². The maximum absolute atomic E-state index is 11.1. The molecule has 0 atom stereocenters. The van der Waals surface area contributed by atoms with Crippen molar-refractivity contribution in [3.05, 3.63) is 53.1 Å². The Balaban J connectivity index is 2.16. The molecule has 0 bridgehead atoms. The quantitative estimate of drug-likeness (QED) is 0.850. The van der Waals surface area contributed by atoms with Crippen LogP contribution in [0.1, 0.15) is 21.5 Å². The number of methoxy groups -OCH3 is 3. The van der Waals surface area contributed by atoms with Crippen molar-refractivity contribution < 1.29 is 24.1 Å². The van der Waals surface area contributed by atoms with Crippen LogP contribution < -0.4 is 14.2 Å². The van der Waals surface area contributed by atoms with Gasteiger partial charge in [0.15, 0.2) is 0 Å². The Morgan fingerprint density at radius 1 is 0.870 bits per heavy atom. The summed E-state index contributed by atoms with van der Waals surface area (Å²) in [5.41, 5.74) is 2.26. The van der Waals surface area contributed by atoms with Gasteiger partial charge in [0, 0.05) is 6.07 Å². The van der Waals surface area contributed by atoms with E-state index in [0.717, 1.165) is 35.5 Å². The second-order valence-electron chi connectivity index (χ2n) is 5.06. The van der Waals surface area contributed by atoms with Gasteiger partial charge in [-0.1, -0.05) is 6.07 Å². The van der Waals surface area contributed by atoms with Crippen LogP contribution in [-0.2, 0) is 12.8 Å². The summed E-state index contributed by atoms with van der Waals surface area (Å²) in [6.07, 6.45) is 1.54. The van der Waals surface area contributed by atoms with Crippen molar-refractivity contribution in [2.24, 2.45) is 0 Å². The van der Waals surface area contributed by atoms with Crippen molar-refractivity contribution in [1.82, 2.24) is 0 Å². The molecular formula is C18H20O5. The summed E-state index contributed by atoms with van der Waals surface area (Å²) in [6.45, 7) is 0. The highest BCUT2D eigenvalue weighted by Gasteiger charge is 2.11. The SMILES string of the molecule is COc1cc(CCc2ccc(C(=O)O)c(OC)c2)cc(OC)c1. The first kappa shape index (κ1) is 16.7. The Morgan fingerprint density at radius 3 is 2.00 bits per heavy atom. The van der Waals surface area contributed by atoms with E-state index in [0.29, 0.717) is 5.75 Å². The first-order valence-corrected chi connectivity index (χ1v) is 7.19. The lowest BCUT2D eigenvalue weighted by Crippen LogP contribution is -2.02. The predicted octanol–water partition coefficient (Wildman–Crippen LogP) is 3.20. The van der Waals surface area contributed by atoms with E-state index < -0.39 is 5.97 Å². The zero-order chi connectivity index (χ0) is 16.8. The Kier molecular flexibility index (Phi) is 5.46. The molecule has 0 aliphatic carbocycles. The van der Waals surface area contributed by atoms with Crippen LogP contribution in [0.2, 0.25) is 0 Å². The molecule has 23 heavy (non-hydrogen) atoms. The summed E-state index contributed by atoms with van der Waals surface area (Å²) >= 11 is 0. The number of rotatable bonds is 7. The Bertz CT molecular complexity index is 672. The maximum atomic E-state index is 11.1. The smallest absolute Gasteiger partial charge is 0.339 e. The van der Waals surface area contributed by atoms with Gasteiger partial charge in [-0.15, -0.1) is 0 Å². The number of carboxylic acids is 1. The zero-order valence-corrected chi connectivity index (χ0v) is 13.5. The summed E-state index contributed by atoms with van der Waals surface area (Å²) in [5.74, 6) is 0.875. The molecule has 5 heteroatoms. The van der Waals surface area contributed by atoms with E-state index in [-0.39, 0.29) is 5.56 Å². The van der Waals surface area contributed by atoms with Gasteiger partial charge in [0.1, 0.15) is 22.8 Å². The highest BCUT2D eigenvalue weighted by atomic mass is 16.5. The molecule has 5 nitrogen and oxygen atoms in total. The number of ether oxygens (including phenoxy) is 3. The van der Waals surface area contributed by atoms with Gasteiger partial charge in [-0.05, 0) is 48.2 Å². The largest absolute Gasteiger partial charge is 0.497 e. The summed E-state index contributed by atoms with van der Waals surface area (Å²) < 4.78 is 15.7. The van der Waals surface area contributed by atoms with Crippen LogP contribution in [-0.4, -0.2) is 32.4 Å². The van der Waals surface area contributed by atoms with Crippen LogP contribution in [0.25, 0.3) is 0 Å². The van der Waals surface area contributed by atoms with Crippen LogP contribution in [0.15, 0.2) is 36.4 Å². The van der Waals surface area contributed by atoms with Crippen LogP contribution in [0, 0.1) is 0 Å². The average Bonchev–Trinajstić information content (AvgIpc) is 2.58. The number of hydrogen-bond donors (Lipinski definition) is 1. The van der Waals surface area contributed by atoms with Gasteiger partial charge in [0.25, 0.3) is 0 Å². The van der Waals surface area contributed by atoms with Gasteiger partial charge in [-0.2, -0.15) is 0 Å². The number of carbonyl (C=O) groups is 1. The Hall–Kier alpha value is -2.69. The van der Waals surface area contributed by atoms with Gasteiger partial charge in [0.05, 0.1) is 21.3 Å². The van der Waals surface area contributed by atoms with Crippen molar-refractivity contribution in [2.45, 2.75) is 12.8 Å². The highest BCUT2D eigenvalue weighted by Crippen LogP contribution is 2.25. The molecule has 0 unspecified atom stereocenters. The minimum atomic E-state index is -0.995. The standard InChI is InChI=1S/C18H20O5/c1-21-14-8-13(9-15(11-14)22-2)5-4-12-6-7-16(18(19)20)17(10-12)23-3/h6-11H,4-5H2,1-3H3,(H,19,20). The minimum absolute atomic E-state index is 0.166. The number of hydrogen-bond acceptors (Lipinski definition) is 4. The van der Waals surface area contributed by atoms with Crippen LogP contribution in [0.5, 0.6) is 17.2 Å². The van der Waals surface area contributed by atoms with Gasteiger partial charge in [0.2, 0.25) is 0 Å². The molecule has 0 radical (unpaired) electrons. The second-order valence-corrected chi connectivity index (χ2v) is 5.06. The minimum Gasteiger partial charge on any atom is -0.497 e. The van der Waals surface area contributed by atoms with Crippen LogP contribution in [0.3, 0.4) is 0 Å². The fourth-order valence-corrected chi connectivity index (χ4v) is 2.37. The zero-order valence-electron chi connectivity index (χ0n) is 13.5. The van der Waals surface area contributed by atoms with Crippen molar-refractivity contribution in [2.75, 3.05) is 21.3 Å². The fourth-order valence-electron chi connectivity index (χ4n) is 2.37. The molecule has 0 saturated carbocycles. The monoisotopic (exact) mass is 316 g/mol. The number of carboxylic acid groups (broad SMARTS) is 1. The molecule has 0 heterocycles. The van der Waals surface area contributed by atoms with E-state index in [1.54, 1.807) is 26.4 Å². The molecule has 1 N–H and O–H groups in total. The molecule has 0 fully saturated rings. The number of aryl methyl sites for hydroxylation is 2. The third-order valence-electron chi connectivity index (χ3n) is 3.61. The lowest BCUT2D eigenvalue weighted by atomic mass is 10.0. The molecule has 2 aromatic carbocycles. The van der Waals surface area contributed by atoms with Crippen LogP contribution >= 0.6 is 0 Å². The second kappa shape index (κ2) is 7.54. The molecule has 0 aliphatic heterocycles. The summed E-state index contributed by atoms with van der Waals surface area (Å²) in [7, 11) is 4.71. The summed E-state index contributed by atoms with van der Waals surface area (Å²) in [6, 6.07) is 10.9. The number of benzene rings is 2. The molecule has 2 aromatic rings. The van der Waals surface area contributed by atoms with E-state index in [9.17, 15) is 4.79 Å². The Labute approximate surface area is 135 Å². The molecule has 0 saturated heterocycles. The lowest BCUT2D eigenvalue weighted by Gasteiger charge is -2.10. The van der Waals surface area contributed by atoms with Crippen molar-refractivity contribution in [1.29, 1.82) is 0 Å². The van der Waals surface area contributed by atoms with E-state index in [4.69, 9.17) is 19.3 Å². The third-order valence-corrected chi connectivity index (χ3v) is 3.61. The van der Waals surface area contributed by atoms with Crippen molar-refractivity contribution in [3.63, 3.8) is 0 Å². The first-order valence-electron chi connectivity index (χ1n) is 7.19. The molecular weight excluding hydrogens is 296 g/mol. The topological polar surface area (TPSA) is 65.0 Å². The van der Waals surface area contributed by atoms with E-state index in [1.807, 2.05) is 24.3 Å². The lowest BCUT2D eigenvalue weighted by molar-refractivity contribution is 0.0693. The molecule has 122 valence electrons. The van der Waals surface area contributed by atoms with Gasteiger partial charge in [-0.25, -0.2) is 4.79 Å². The average molecular weight is 316 g/mol. The molecule has 0 amide bonds. The number of aromatic carboxylic acids is 1.